The molecular formula is C31H23O3P. The van der Waals surface area contributed by atoms with Crippen molar-refractivity contribution in [3.63, 3.8) is 0 Å². The second-order valence-corrected chi connectivity index (χ2v) is 9.60. The fourth-order valence-corrected chi connectivity index (χ4v) is 5.94. The third-order valence-corrected chi connectivity index (χ3v) is 7.60. The van der Waals surface area contributed by atoms with Crippen molar-refractivity contribution in [1.82, 2.24) is 0 Å². The fourth-order valence-electron chi connectivity index (χ4n) is 4.40. The van der Waals surface area contributed by atoms with E-state index in [0.717, 1.165) is 55.9 Å². The lowest BCUT2D eigenvalue weighted by atomic mass is 9.97. The molecule has 1 unspecified atom stereocenters. The van der Waals surface area contributed by atoms with Gasteiger partial charge in [0.1, 0.15) is 17.2 Å². The molecule has 0 aromatic heterocycles. The van der Waals surface area contributed by atoms with Gasteiger partial charge >= 0.3 is 8.38 Å². The Bertz CT molecular complexity index is 1420. The van der Waals surface area contributed by atoms with Gasteiger partial charge in [-0.2, -0.15) is 0 Å². The first-order valence-electron chi connectivity index (χ1n) is 11.5. The summed E-state index contributed by atoms with van der Waals surface area (Å²) in [5, 5.41) is 1.06. The summed E-state index contributed by atoms with van der Waals surface area (Å²) in [5.74, 6) is 2.40. The third-order valence-electron chi connectivity index (χ3n) is 6.10. The molecule has 35 heavy (non-hydrogen) atoms. The lowest BCUT2D eigenvalue weighted by molar-refractivity contribution is 0.414. The Morgan fingerprint density at radius 3 is 1.74 bits per heavy atom. The number of ether oxygens (including phenoxy) is 1. The Morgan fingerprint density at radius 1 is 0.571 bits per heavy atom. The van der Waals surface area contributed by atoms with Crippen LogP contribution in [0.4, 0.5) is 0 Å². The van der Waals surface area contributed by atoms with Gasteiger partial charge in [-0.05, 0) is 41.0 Å². The van der Waals surface area contributed by atoms with Crippen molar-refractivity contribution in [2.75, 3.05) is 7.11 Å². The Balaban J connectivity index is 1.55. The summed E-state index contributed by atoms with van der Waals surface area (Å²) < 4.78 is 19.1. The molecule has 0 aliphatic carbocycles. The highest BCUT2D eigenvalue weighted by Gasteiger charge is 2.31. The summed E-state index contributed by atoms with van der Waals surface area (Å²) in [4.78, 5) is 0. The molecular weight excluding hydrogens is 451 g/mol. The van der Waals surface area contributed by atoms with Crippen LogP contribution < -0.4 is 19.1 Å². The summed E-state index contributed by atoms with van der Waals surface area (Å²) >= 11 is 0. The summed E-state index contributed by atoms with van der Waals surface area (Å²) in [6.07, 6.45) is 0. The van der Waals surface area contributed by atoms with Crippen LogP contribution in [-0.2, 0) is 0 Å². The van der Waals surface area contributed by atoms with Crippen molar-refractivity contribution in [2.24, 2.45) is 0 Å². The molecule has 1 aliphatic rings. The van der Waals surface area contributed by atoms with Crippen molar-refractivity contribution in [3.05, 3.63) is 121 Å². The summed E-state index contributed by atoms with van der Waals surface area (Å²) in [7, 11) is 0.277. The monoisotopic (exact) mass is 474 g/mol. The van der Waals surface area contributed by atoms with E-state index in [0.29, 0.717) is 0 Å². The number of para-hydroxylation sites is 1. The highest BCUT2D eigenvalue weighted by atomic mass is 31.2. The van der Waals surface area contributed by atoms with Crippen LogP contribution in [0.3, 0.4) is 0 Å². The van der Waals surface area contributed by atoms with Crippen molar-refractivity contribution < 1.29 is 13.8 Å². The van der Waals surface area contributed by atoms with E-state index < -0.39 is 8.38 Å². The van der Waals surface area contributed by atoms with Gasteiger partial charge in [0.05, 0.1) is 12.4 Å². The van der Waals surface area contributed by atoms with Gasteiger partial charge in [0.25, 0.3) is 0 Å². The third kappa shape index (κ3) is 4.05. The first-order valence-corrected chi connectivity index (χ1v) is 12.7. The molecule has 4 heteroatoms. The highest BCUT2D eigenvalue weighted by molar-refractivity contribution is 7.57. The molecule has 1 atom stereocenters. The van der Waals surface area contributed by atoms with Gasteiger partial charge in [0.2, 0.25) is 0 Å². The molecule has 1 aliphatic heterocycles. The Morgan fingerprint density at radius 2 is 1.11 bits per heavy atom. The van der Waals surface area contributed by atoms with E-state index in [-0.39, 0.29) is 0 Å². The Labute approximate surface area is 206 Å². The summed E-state index contributed by atoms with van der Waals surface area (Å²) in [5.41, 5.74) is 6.28. The van der Waals surface area contributed by atoms with Crippen LogP contribution in [0.15, 0.2) is 121 Å². The zero-order chi connectivity index (χ0) is 23.6. The van der Waals surface area contributed by atoms with Crippen molar-refractivity contribution in [1.29, 1.82) is 0 Å². The van der Waals surface area contributed by atoms with E-state index in [9.17, 15) is 0 Å². The molecule has 0 radical (unpaired) electrons. The van der Waals surface area contributed by atoms with E-state index in [4.69, 9.17) is 13.8 Å². The van der Waals surface area contributed by atoms with Crippen LogP contribution in [0.2, 0.25) is 0 Å². The maximum Gasteiger partial charge on any atom is 0.326 e. The molecule has 0 fully saturated rings. The average Bonchev–Trinajstić information content (AvgIpc) is 2.94. The molecule has 3 nitrogen and oxygen atoms in total. The topological polar surface area (TPSA) is 27.7 Å². The van der Waals surface area contributed by atoms with Gasteiger partial charge in [0, 0.05) is 16.7 Å². The second-order valence-electron chi connectivity index (χ2n) is 8.24. The van der Waals surface area contributed by atoms with Crippen LogP contribution in [-0.4, -0.2) is 7.11 Å². The standard InChI is InChI=1S/C31H23O3P/c1-32-24-20-27(22-12-4-2-5-13-22)31(28(21-24)23-14-6-3-7-15-23)34-35-30-19-11-9-17-26(30)25-16-8-10-18-29(25)33-35/h2-21H,1H3. The van der Waals surface area contributed by atoms with E-state index in [2.05, 4.69) is 48.5 Å². The van der Waals surface area contributed by atoms with Crippen LogP contribution >= 0.6 is 8.38 Å². The maximum atomic E-state index is 6.90. The van der Waals surface area contributed by atoms with Gasteiger partial charge in [-0.1, -0.05) is 97.1 Å². The lowest BCUT2D eigenvalue weighted by Crippen LogP contribution is -2.17. The first-order chi connectivity index (χ1) is 17.3. The van der Waals surface area contributed by atoms with Crippen molar-refractivity contribution in [2.45, 2.75) is 0 Å². The normalized spacial score (nSPS) is 13.8. The zero-order valence-electron chi connectivity index (χ0n) is 19.2. The molecule has 0 N–H and O–H groups in total. The van der Waals surface area contributed by atoms with E-state index in [1.165, 1.54) is 0 Å². The number of hydrogen-bond acceptors (Lipinski definition) is 3. The number of hydrogen-bond donors (Lipinski definition) is 0. The second kappa shape index (κ2) is 9.29. The van der Waals surface area contributed by atoms with Crippen LogP contribution in [0.25, 0.3) is 33.4 Å². The first kappa shape index (κ1) is 21.5. The molecule has 1 heterocycles. The summed E-state index contributed by atoms with van der Waals surface area (Å²) in [6.45, 7) is 0. The molecule has 5 aromatic rings. The number of rotatable bonds is 5. The number of benzene rings is 5. The molecule has 0 saturated heterocycles. The van der Waals surface area contributed by atoms with Crippen LogP contribution in [0, 0.1) is 0 Å². The minimum atomic E-state index is -1.42. The summed E-state index contributed by atoms with van der Waals surface area (Å²) in [6, 6.07) is 41.1. The predicted molar refractivity (Wildman–Crippen MR) is 144 cm³/mol. The lowest BCUT2D eigenvalue weighted by Gasteiger charge is -2.29. The molecule has 0 saturated carbocycles. The van der Waals surface area contributed by atoms with Gasteiger partial charge < -0.3 is 13.8 Å². The van der Waals surface area contributed by atoms with Crippen LogP contribution in [0.1, 0.15) is 0 Å². The van der Waals surface area contributed by atoms with Crippen molar-refractivity contribution >= 4 is 13.7 Å². The smallest absolute Gasteiger partial charge is 0.326 e. The fraction of sp³-hybridized carbons (Fsp3) is 0.0323. The minimum Gasteiger partial charge on any atom is -0.497 e. The zero-order valence-corrected chi connectivity index (χ0v) is 20.1. The van der Waals surface area contributed by atoms with E-state index in [1.54, 1.807) is 7.11 Å². The Hall–Kier alpha value is -4.07. The van der Waals surface area contributed by atoms with E-state index in [1.807, 2.05) is 72.8 Å². The number of fused-ring (bicyclic) bond motifs is 3. The molecule has 0 amide bonds. The quantitative estimate of drug-likeness (QED) is 0.241. The SMILES string of the molecule is COc1cc(-c2ccccc2)c(OP2Oc3ccccc3-c3ccccc32)c(-c2ccccc2)c1. The molecule has 5 aromatic carbocycles. The van der Waals surface area contributed by atoms with Crippen molar-refractivity contribution in [3.8, 4) is 50.6 Å². The largest absolute Gasteiger partial charge is 0.497 e. The molecule has 6 rings (SSSR count). The maximum absolute atomic E-state index is 6.90. The molecule has 0 bridgehead atoms. The number of methoxy groups -OCH3 is 1. The highest BCUT2D eigenvalue weighted by Crippen LogP contribution is 2.53. The minimum absolute atomic E-state index is 0.776. The van der Waals surface area contributed by atoms with Gasteiger partial charge in [-0.25, -0.2) is 0 Å². The Kier molecular flexibility index (Phi) is 5.70. The van der Waals surface area contributed by atoms with Gasteiger partial charge in [-0.15, -0.1) is 0 Å². The molecule has 0 spiro atoms. The predicted octanol–water partition coefficient (Wildman–Crippen LogP) is 8.10. The molecule has 170 valence electrons. The van der Waals surface area contributed by atoms with Gasteiger partial charge in [0.15, 0.2) is 0 Å². The van der Waals surface area contributed by atoms with Crippen LogP contribution in [0.5, 0.6) is 17.2 Å². The van der Waals surface area contributed by atoms with Gasteiger partial charge in [-0.3, -0.25) is 0 Å². The van der Waals surface area contributed by atoms with E-state index >= 15 is 0 Å². The average molecular weight is 474 g/mol.